The van der Waals surface area contributed by atoms with E-state index in [-0.39, 0.29) is 0 Å². The van der Waals surface area contributed by atoms with Crippen LogP contribution in [0, 0.1) is 6.92 Å². The second-order valence-corrected chi connectivity index (χ2v) is 6.01. The summed E-state index contributed by atoms with van der Waals surface area (Å²) in [5, 5.41) is 9.60. The monoisotopic (exact) mass is 339 g/mol. The molecule has 0 N–H and O–H groups in total. The predicted molar refractivity (Wildman–Crippen MR) is 102 cm³/mol. The van der Waals surface area contributed by atoms with Crippen LogP contribution >= 0.6 is 0 Å². The Labute approximate surface area is 151 Å². The van der Waals surface area contributed by atoms with Crippen LogP contribution in [0.5, 0.6) is 0 Å². The Morgan fingerprint density at radius 2 is 1.62 bits per heavy atom. The Morgan fingerprint density at radius 1 is 0.846 bits per heavy atom. The number of nitrogens with zero attached hydrogens (tertiary/aromatic N) is 5. The van der Waals surface area contributed by atoms with E-state index in [9.17, 15) is 0 Å². The van der Waals surface area contributed by atoms with Crippen LogP contribution in [-0.2, 0) is 6.54 Å². The molecule has 0 spiro atoms. The van der Waals surface area contributed by atoms with Gasteiger partial charge in [0, 0.05) is 23.3 Å². The first-order valence-corrected chi connectivity index (χ1v) is 8.40. The lowest BCUT2D eigenvalue weighted by Crippen LogP contribution is -1.91. The lowest BCUT2D eigenvalue weighted by molar-refractivity contribution is 0.944. The summed E-state index contributed by atoms with van der Waals surface area (Å²) >= 11 is 0. The minimum atomic E-state index is 0.487. The second-order valence-electron chi connectivity index (χ2n) is 6.01. The fraction of sp³-hybridized carbons (Fsp3) is 0.0952. The molecule has 26 heavy (non-hydrogen) atoms. The molecule has 126 valence electrons. The summed E-state index contributed by atoms with van der Waals surface area (Å²) < 4.78 is 0. The number of aromatic nitrogens is 3. The maximum atomic E-state index is 4.68. The van der Waals surface area contributed by atoms with Crippen molar-refractivity contribution in [2.45, 2.75) is 13.5 Å². The molecular formula is C21H17N5. The number of benzene rings is 2. The number of rotatable bonds is 4. The molecule has 0 fully saturated rings. The van der Waals surface area contributed by atoms with Crippen molar-refractivity contribution in [2.75, 3.05) is 0 Å². The van der Waals surface area contributed by atoms with Crippen LogP contribution in [0.1, 0.15) is 11.1 Å². The third kappa shape index (κ3) is 3.47. The predicted octanol–water partition coefficient (Wildman–Crippen LogP) is 5.28. The topological polar surface area (TPSA) is 63.4 Å². The third-order valence-corrected chi connectivity index (χ3v) is 4.06. The summed E-state index contributed by atoms with van der Waals surface area (Å²) in [4.78, 5) is 13.3. The lowest BCUT2D eigenvalue weighted by Gasteiger charge is -2.05. The van der Waals surface area contributed by atoms with Gasteiger partial charge >= 0.3 is 0 Å². The first-order chi connectivity index (χ1) is 12.8. The molecule has 0 bridgehead atoms. The number of pyridine rings is 1. The second kappa shape index (κ2) is 7.19. The lowest BCUT2D eigenvalue weighted by atomic mass is 10.1. The molecule has 2 aromatic carbocycles. The fourth-order valence-electron chi connectivity index (χ4n) is 2.64. The van der Waals surface area contributed by atoms with E-state index >= 15 is 0 Å². The molecule has 0 atom stereocenters. The van der Waals surface area contributed by atoms with Crippen LogP contribution in [0.4, 0.5) is 5.82 Å². The smallest absolute Gasteiger partial charge is 0.185 e. The van der Waals surface area contributed by atoms with Crippen molar-refractivity contribution in [3.05, 3.63) is 84.2 Å². The Kier molecular flexibility index (Phi) is 4.43. The molecule has 0 saturated heterocycles. The van der Waals surface area contributed by atoms with Gasteiger partial charge in [0.15, 0.2) is 11.6 Å². The zero-order chi connectivity index (χ0) is 17.8. The minimum Gasteiger partial charge on any atom is -0.265 e. The van der Waals surface area contributed by atoms with Gasteiger partial charge in [-0.05, 0) is 36.8 Å². The van der Waals surface area contributed by atoms with Crippen LogP contribution in [0.2, 0.25) is 0 Å². The Balaban J connectivity index is 1.73. The first-order valence-electron chi connectivity index (χ1n) is 8.40. The number of para-hydroxylation sites is 1. The molecule has 4 rings (SSSR count). The van der Waals surface area contributed by atoms with Crippen molar-refractivity contribution in [3.63, 3.8) is 0 Å². The largest absolute Gasteiger partial charge is 0.265 e. The minimum absolute atomic E-state index is 0.487. The first kappa shape index (κ1) is 16.0. The Morgan fingerprint density at radius 3 is 2.42 bits per heavy atom. The van der Waals surface area contributed by atoms with E-state index in [0.29, 0.717) is 18.2 Å². The molecule has 4 aromatic rings. The molecule has 0 aliphatic carbocycles. The number of aryl methyl sites for hydroxylation is 1. The zero-order valence-corrected chi connectivity index (χ0v) is 14.4. The highest BCUT2D eigenvalue weighted by Gasteiger charge is 2.08. The van der Waals surface area contributed by atoms with Crippen LogP contribution in [0.15, 0.2) is 83.3 Å². The van der Waals surface area contributed by atoms with Gasteiger partial charge in [-0.15, -0.1) is 5.11 Å². The van der Waals surface area contributed by atoms with Crippen molar-refractivity contribution in [1.82, 2.24) is 15.0 Å². The van der Waals surface area contributed by atoms with Crippen molar-refractivity contribution in [2.24, 2.45) is 10.2 Å². The maximum Gasteiger partial charge on any atom is 0.185 e. The van der Waals surface area contributed by atoms with E-state index in [4.69, 9.17) is 0 Å². The summed E-state index contributed by atoms with van der Waals surface area (Å²) in [7, 11) is 0. The van der Waals surface area contributed by atoms with Gasteiger partial charge in [0.25, 0.3) is 0 Å². The van der Waals surface area contributed by atoms with Gasteiger partial charge in [-0.25, -0.2) is 9.97 Å². The molecule has 0 aliphatic heterocycles. The highest BCUT2D eigenvalue weighted by atomic mass is 15.2. The average molecular weight is 339 g/mol. The van der Waals surface area contributed by atoms with Crippen LogP contribution < -0.4 is 0 Å². The van der Waals surface area contributed by atoms with Crippen molar-refractivity contribution in [3.8, 4) is 11.4 Å². The highest BCUT2D eigenvalue weighted by Crippen LogP contribution is 2.27. The van der Waals surface area contributed by atoms with Gasteiger partial charge in [0.05, 0.1) is 12.1 Å². The summed E-state index contributed by atoms with van der Waals surface area (Å²) in [6, 6.07) is 19.9. The molecule has 5 nitrogen and oxygen atoms in total. The normalized spacial score (nSPS) is 11.3. The van der Waals surface area contributed by atoms with E-state index in [1.165, 1.54) is 5.56 Å². The van der Waals surface area contributed by atoms with Crippen LogP contribution in [0.3, 0.4) is 0 Å². The van der Waals surface area contributed by atoms with Gasteiger partial charge in [0.2, 0.25) is 0 Å². The van der Waals surface area contributed by atoms with E-state index in [2.05, 4.69) is 44.2 Å². The summed E-state index contributed by atoms with van der Waals surface area (Å²) in [5.74, 6) is 1.24. The molecule has 0 saturated carbocycles. The molecule has 5 heteroatoms. The molecule has 0 amide bonds. The van der Waals surface area contributed by atoms with E-state index < -0.39 is 0 Å². The Bertz CT molecular complexity index is 1060. The molecule has 0 aliphatic rings. The number of hydrogen-bond acceptors (Lipinski definition) is 5. The van der Waals surface area contributed by atoms with Crippen molar-refractivity contribution < 1.29 is 0 Å². The van der Waals surface area contributed by atoms with Crippen molar-refractivity contribution in [1.29, 1.82) is 0 Å². The maximum absolute atomic E-state index is 4.68. The van der Waals surface area contributed by atoms with E-state index in [0.717, 1.165) is 22.0 Å². The van der Waals surface area contributed by atoms with E-state index in [1.807, 2.05) is 48.5 Å². The number of fused-ring (bicyclic) bond motifs is 1. The summed E-state index contributed by atoms with van der Waals surface area (Å²) in [6.45, 7) is 2.55. The van der Waals surface area contributed by atoms with Gasteiger partial charge in [-0.3, -0.25) is 4.98 Å². The summed E-state index contributed by atoms with van der Waals surface area (Å²) in [6.07, 6.45) is 3.50. The quantitative estimate of drug-likeness (QED) is 0.475. The summed E-state index contributed by atoms with van der Waals surface area (Å²) in [5.41, 5.74) is 4.08. The number of azo groups is 1. The molecule has 0 unspecified atom stereocenters. The van der Waals surface area contributed by atoms with Gasteiger partial charge < -0.3 is 0 Å². The van der Waals surface area contributed by atoms with Gasteiger partial charge in [0.1, 0.15) is 0 Å². The van der Waals surface area contributed by atoms with Gasteiger partial charge in [-0.2, -0.15) is 5.11 Å². The molecule has 0 radical (unpaired) electrons. The third-order valence-electron chi connectivity index (χ3n) is 4.06. The van der Waals surface area contributed by atoms with Crippen molar-refractivity contribution >= 4 is 16.7 Å². The zero-order valence-electron chi connectivity index (χ0n) is 14.4. The standard InChI is InChI=1S/C21H17N5/c1-15-6-8-17(9-7-15)20-24-19-5-3-2-4-18(19)21(25-20)26-23-14-16-10-12-22-13-11-16/h2-13H,14H2,1H3. The molecule has 2 aromatic heterocycles. The van der Waals surface area contributed by atoms with Gasteiger partial charge in [-0.1, -0.05) is 42.0 Å². The fourth-order valence-corrected chi connectivity index (χ4v) is 2.64. The SMILES string of the molecule is Cc1ccc(-c2nc(N=NCc3ccncc3)c3ccccc3n2)cc1. The Hall–Kier alpha value is -3.47. The van der Waals surface area contributed by atoms with E-state index in [1.54, 1.807) is 12.4 Å². The highest BCUT2D eigenvalue weighted by molar-refractivity contribution is 5.89. The average Bonchev–Trinajstić information content (AvgIpc) is 2.69. The van der Waals surface area contributed by atoms with Crippen LogP contribution in [0.25, 0.3) is 22.3 Å². The molecule has 2 heterocycles. The van der Waals surface area contributed by atoms with Crippen LogP contribution in [-0.4, -0.2) is 15.0 Å². The molecular weight excluding hydrogens is 322 g/mol. The number of hydrogen-bond donors (Lipinski definition) is 0.